The molecule has 0 radical (unpaired) electrons. The second-order valence-electron chi connectivity index (χ2n) is 4.26. The van der Waals surface area contributed by atoms with Gasteiger partial charge in [0.05, 0.1) is 0 Å². The van der Waals surface area contributed by atoms with Gasteiger partial charge in [-0.15, -0.1) is 11.3 Å². The smallest absolute Gasteiger partial charge is 0.329 e. The molecule has 2 N–H and O–H groups in total. The molecule has 0 aliphatic carbocycles. The van der Waals surface area contributed by atoms with Gasteiger partial charge in [0, 0.05) is 15.8 Å². The van der Waals surface area contributed by atoms with E-state index in [0.717, 1.165) is 4.88 Å². The van der Waals surface area contributed by atoms with Gasteiger partial charge in [-0.25, -0.2) is 4.79 Å². The number of hydrogen-bond acceptors (Lipinski definition) is 3. The predicted octanol–water partition coefficient (Wildman–Crippen LogP) is 2.44. The Balaban J connectivity index is 2.67. The summed E-state index contributed by atoms with van der Waals surface area (Å²) in [5.74, 6) is -1.42. The lowest BCUT2D eigenvalue weighted by atomic mass is 9.99. The van der Waals surface area contributed by atoms with Crippen molar-refractivity contribution in [3.63, 3.8) is 0 Å². The fourth-order valence-electron chi connectivity index (χ4n) is 1.31. The Bertz CT molecular complexity index is 478. The second kappa shape index (κ2) is 5.82. The molecule has 0 aromatic carbocycles. The number of carbonyl (C=O) groups is 2. The van der Waals surface area contributed by atoms with Crippen molar-refractivity contribution < 1.29 is 14.7 Å². The van der Waals surface area contributed by atoms with Gasteiger partial charge in [0.1, 0.15) is 5.54 Å². The first kappa shape index (κ1) is 14.4. The van der Waals surface area contributed by atoms with E-state index in [1.807, 2.05) is 19.1 Å². The van der Waals surface area contributed by atoms with E-state index in [1.54, 1.807) is 24.3 Å². The summed E-state index contributed by atoms with van der Waals surface area (Å²) in [5, 5.41) is 11.5. The van der Waals surface area contributed by atoms with Crippen LogP contribution in [-0.2, 0) is 9.59 Å². The van der Waals surface area contributed by atoms with Crippen LogP contribution in [0.4, 0.5) is 0 Å². The molecule has 0 bridgehead atoms. The summed E-state index contributed by atoms with van der Waals surface area (Å²) >= 11 is 1.58. The van der Waals surface area contributed by atoms with E-state index in [0.29, 0.717) is 6.42 Å². The van der Waals surface area contributed by atoms with E-state index in [-0.39, 0.29) is 0 Å². The maximum absolute atomic E-state index is 11.6. The molecule has 1 amide bonds. The quantitative estimate of drug-likeness (QED) is 0.805. The third-order valence-corrected chi connectivity index (χ3v) is 3.70. The normalized spacial score (nSPS) is 14.4. The first-order chi connectivity index (χ1) is 8.37. The topological polar surface area (TPSA) is 66.4 Å². The van der Waals surface area contributed by atoms with E-state index in [1.165, 1.54) is 17.9 Å². The molecule has 0 spiro atoms. The number of carboxylic acid groups (broad SMARTS) is 1. The van der Waals surface area contributed by atoms with E-state index >= 15 is 0 Å². The lowest BCUT2D eigenvalue weighted by Crippen LogP contribution is -2.51. The summed E-state index contributed by atoms with van der Waals surface area (Å²) in [6, 6.07) is 3.88. The molecule has 0 aliphatic rings. The summed E-state index contributed by atoms with van der Waals surface area (Å²) in [6.07, 6.45) is 3.38. The van der Waals surface area contributed by atoms with Crippen molar-refractivity contribution in [2.45, 2.75) is 32.7 Å². The number of rotatable bonds is 5. The molecule has 1 atom stereocenters. The summed E-state index contributed by atoms with van der Waals surface area (Å²) in [4.78, 5) is 24.8. The largest absolute Gasteiger partial charge is 0.480 e. The van der Waals surface area contributed by atoms with Crippen molar-refractivity contribution in [2.75, 3.05) is 0 Å². The summed E-state index contributed by atoms with van der Waals surface area (Å²) in [7, 11) is 0. The average Bonchev–Trinajstić information content (AvgIpc) is 2.72. The molecule has 1 heterocycles. The number of carboxylic acids is 1. The zero-order valence-electron chi connectivity index (χ0n) is 10.7. The minimum atomic E-state index is -1.22. The van der Waals surface area contributed by atoms with E-state index in [9.17, 15) is 9.59 Å². The highest BCUT2D eigenvalue weighted by atomic mass is 32.1. The predicted molar refractivity (Wildman–Crippen MR) is 72.6 cm³/mol. The molecular weight excluding hydrogens is 250 g/mol. The summed E-state index contributed by atoms with van der Waals surface area (Å²) < 4.78 is 0. The van der Waals surface area contributed by atoms with Crippen LogP contribution in [0.1, 0.15) is 30.0 Å². The number of amides is 1. The lowest BCUT2D eigenvalue weighted by molar-refractivity contribution is -0.146. The maximum Gasteiger partial charge on any atom is 0.329 e. The van der Waals surface area contributed by atoms with Crippen LogP contribution in [0.2, 0.25) is 0 Å². The number of aryl methyl sites for hydroxylation is 1. The number of thiophene rings is 1. The Morgan fingerprint density at radius 1 is 1.50 bits per heavy atom. The van der Waals surface area contributed by atoms with E-state index in [4.69, 9.17) is 5.11 Å². The highest BCUT2D eigenvalue weighted by molar-refractivity contribution is 7.12. The number of nitrogens with one attached hydrogen (secondary N) is 1. The number of hydrogen-bond donors (Lipinski definition) is 2. The standard InChI is InChI=1S/C13H17NO3S/c1-4-13(3,12(16)17)14-11(15)8-7-10-6-5-9(2)18-10/h5-8H,4H2,1-3H3,(H,14,15)(H,16,17). The van der Waals surface area contributed by atoms with Crippen LogP contribution >= 0.6 is 11.3 Å². The molecule has 4 nitrogen and oxygen atoms in total. The fraction of sp³-hybridized carbons (Fsp3) is 0.385. The Kier molecular flexibility index (Phi) is 4.67. The van der Waals surface area contributed by atoms with Crippen LogP contribution in [0.15, 0.2) is 18.2 Å². The van der Waals surface area contributed by atoms with Crippen molar-refractivity contribution >= 4 is 29.3 Å². The van der Waals surface area contributed by atoms with Crippen LogP contribution in [0.5, 0.6) is 0 Å². The van der Waals surface area contributed by atoms with Gasteiger partial charge in [-0.3, -0.25) is 4.79 Å². The maximum atomic E-state index is 11.6. The van der Waals surface area contributed by atoms with Gasteiger partial charge < -0.3 is 10.4 Å². The van der Waals surface area contributed by atoms with Gasteiger partial charge in [-0.05, 0) is 38.5 Å². The summed E-state index contributed by atoms with van der Waals surface area (Å²) in [6.45, 7) is 5.21. The monoisotopic (exact) mass is 267 g/mol. The molecule has 18 heavy (non-hydrogen) atoms. The molecule has 0 fully saturated rings. The van der Waals surface area contributed by atoms with Crippen LogP contribution in [0.3, 0.4) is 0 Å². The van der Waals surface area contributed by atoms with Crippen molar-refractivity contribution in [1.82, 2.24) is 5.32 Å². The Morgan fingerprint density at radius 2 is 2.17 bits per heavy atom. The molecular formula is C13H17NO3S. The number of aliphatic carboxylic acids is 1. The number of carbonyl (C=O) groups excluding carboxylic acids is 1. The summed E-state index contributed by atoms with van der Waals surface area (Å²) in [5.41, 5.74) is -1.22. The van der Waals surface area contributed by atoms with Crippen LogP contribution in [0, 0.1) is 6.92 Å². The molecule has 0 saturated carbocycles. The minimum Gasteiger partial charge on any atom is -0.480 e. The second-order valence-corrected chi connectivity index (χ2v) is 5.58. The Labute approximate surface area is 110 Å². The third kappa shape index (κ3) is 3.70. The first-order valence-corrected chi connectivity index (χ1v) is 6.49. The van der Waals surface area contributed by atoms with Crippen molar-refractivity contribution in [3.05, 3.63) is 28.0 Å². The Morgan fingerprint density at radius 3 is 2.61 bits per heavy atom. The van der Waals surface area contributed by atoms with Gasteiger partial charge in [-0.1, -0.05) is 6.92 Å². The van der Waals surface area contributed by atoms with Gasteiger partial charge in [0.25, 0.3) is 0 Å². The fourth-order valence-corrected chi connectivity index (χ4v) is 2.09. The van der Waals surface area contributed by atoms with Crippen molar-refractivity contribution in [2.24, 2.45) is 0 Å². The van der Waals surface area contributed by atoms with Gasteiger partial charge in [-0.2, -0.15) is 0 Å². The molecule has 1 rings (SSSR count). The lowest BCUT2D eigenvalue weighted by Gasteiger charge is -2.23. The Hall–Kier alpha value is -1.62. The van der Waals surface area contributed by atoms with Crippen LogP contribution in [0.25, 0.3) is 6.08 Å². The molecule has 0 saturated heterocycles. The molecule has 0 aliphatic heterocycles. The first-order valence-electron chi connectivity index (χ1n) is 5.67. The van der Waals surface area contributed by atoms with Crippen molar-refractivity contribution in [1.29, 1.82) is 0 Å². The highest BCUT2D eigenvalue weighted by Crippen LogP contribution is 2.16. The molecule has 1 unspecified atom stereocenters. The zero-order chi connectivity index (χ0) is 13.8. The minimum absolute atomic E-state index is 0.333. The van der Waals surface area contributed by atoms with Crippen LogP contribution < -0.4 is 5.32 Å². The van der Waals surface area contributed by atoms with Gasteiger partial charge >= 0.3 is 5.97 Å². The molecule has 98 valence electrons. The molecule has 1 aromatic rings. The van der Waals surface area contributed by atoms with Gasteiger partial charge in [0.2, 0.25) is 5.91 Å². The SMILES string of the molecule is CCC(C)(NC(=O)C=Cc1ccc(C)s1)C(=O)O. The van der Waals surface area contributed by atoms with Crippen LogP contribution in [-0.4, -0.2) is 22.5 Å². The van der Waals surface area contributed by atoms with Gasteiger partial charge in [0.15, 0.2) is 0 Å². The molecule has 1 aromatic heterocycles. The third-order valence-electron chi connectivity index (χ3n) is 2.74. The van der Waals surface area contributed by atoms with E-state index in [2.05, 4.69) is 5.32 Å². The highest BCUT2D eigenvalue weighted by Gasteiger charge is 2.31. The zero-order valence-corrected chi connectivity index (χ0v) is 11.5. The average molecular weight is 267 g/mol. The van der Waals surface area contributed by atoms with E-state index < -0.39 is 17.4 Å². The molecule has 5 heteroatoms. The van der Waals surface area contributed by atoms with Crippen molar-refractivity contribution in [3.8, 4) is 0 Å².